The summed E-state index contributed by atoms with van der Waals surface area (Å²) in [5, 5.41) is 8.78. The van der Waals surface area contributed by atoms with E-state index in [0.717, 1.165) is 30.2 Å². The van der Waals surface area contributed by atoms with Crippen LogP contribution in [0, 0.1) is 40.8 Å². The maximum Gasteiger partial charge on any atom is 0.311 e. The number of ether oxygens (including phenoxy) is 1. The van der Waals surface area contributed by atoms with Gasteiger partial charge in [0.1, 0.15) is 17.6 Å². The molecule has 0 saturated heterocycles. The van der Waals surface area contributed by atoms with E-state index in [-0.39, 0.29) is 17.3 Å². The first-order valence-electron chi connectivity index (χ1n) is 13.0. The summed E-state index contributed by atoms with van der Waals surface area (Å²) in [5.41, 5.74) is -0.0398. The number of esters is 1. The Morgan fingerprint density at radius 2 is 1.59 bits per heavy atom. The third-order valence-corrected chi connectivity index (χ3v) is 7.96. The SMILES string of the molecule is CCCCCCC1CCC(C2CCC(CCC(=O)Oc3ccc(C#N)c(F)c3)CC2)CC1. The predicted molar refractivity (Wildman–Crippen MR) is 126 cm³/mol. The largest absolute Gasteiger partial charge is 0.426 e. The Labute approximate surface area is 193 Å². The molecule has 0 aliphatic heterocycles. The normalized spacial score (nSPS) is 25.8. The van der Waals surface area contributed by atoms with Crippen molar-refractivity contribution in [3.05, 3.63) is 29.6 Å². The van der Waals surface area contributed by atoms with Crippen molar-refractivity contribution >= 4 is 5.97 Å². The summed E-state index contributed by atoms with van der Waals surface area (Å²) in [6.45, 7) is 2.28. The molecule has 0 spiro atoms. The zero-order valence-corrected chi connectivity index (χ0v) is 19.8. The summed E-state index contributed by atoms with van der Waals surface area (Å²) in [5.74, 6) is 2.62. The van der Waals surface area contributed by atoms with Crippen LogP contribution in [0.25, 0.3) is 0 Å². The molecule has 1 aromatic rings. The number of benzene rings is 1. The van der Waals surface area contributed by atoms with E-state index < -0.39 is 5.82 Å². The van der Waals surface area contributed by atoms with E-state index in [0.29, 0.717) is 12.3 Å². The average molecular weight is 442 g/mol. The van der Waals surface area contributed by atoms with Crippen LogP contribution in [0.2, 0.25) is 0 Å². The molecule has 0 atom stereocenters. The number of carbonyl (C=O) groups is 1. The van der Waals surface area contributed by atoms with E-state index in [2.05, 4.69) is 6.92 Å². The van der Waals surface area contributed by atoms with Crippen molar-refractivity contribution in [1.82, 2.24) is 0 Å². The highest BCUT2D eigenvalue weighted by atomic mass is 19.1. The second-order valence-electron chi connectivity index (χ2n) is 10.2. The van der Waals surface area contributed by atoms with E-state index in [1.165, 1.54) is 95.6 Å². The molecule has 1 aromatic carbocycles. The molecule has 2 fully saturated rings. The van der Waals surface area contributed by atoms with Crippen LogP contribution in [0.5, 0.6) is 5.75 Å². The lowest BCUT2D eigenvalue weighted by Gasteiger charge is -2.38. The van der Waals surface area contributed by atoms with Gasteiger partial charge in [0.15, 0.2) is 0 Å². The molecule has 2 saturated carbocycles. The average Bonchev–Trinajstić information content (AvgIpc) is 2.81. The summed E-state index contributed by atoms with van der Waals surface area (Å²) in [6.07, 6.45) is 19.1. The molecular weight excluding hydrogens is 401 g/mol. The third-order valence-electron chi connectivity index (χ3n) is 7.96. The zero-order chi connectivity index (χ0) is 22.8. The van der Waals surface area contributed by atoms with Gasteiger partial charge in [0.05, 0.1) is 5.56 Å². The molecule has 0 heterocycles. The monoisotopic (exact) mass is 441 g/mol. The van der Waals surface area contributed by atoms with Crippen molar-refractivity contribution in [3.63, 3.8) is 0 Å². The molecule has 3 rings (SSSR count). The van der Waals surface area contributed by atoms with Gasteiger partial charge >= 0.3 is 5.97 Å². The number of nitrogens with zero attached hydrogens (tertiary/aromatic N) is 1. The summed E-state index contributed by atoms with van der Waals surface area (Å²) in [4.78, 5) is 12.2. The van der Waals surface area contributed by atoms with Crippen LogP contribution in [0.1, 0.15) is 109 Å². The number of halogens is 1. The predicted octanol–water partition coefficient (Wildman–Crippen LogP) is 7.97. The van der Waals surface area contributed by atoms with E-state index in [4.69, 9.17) is 10.00 Å². The minimum atomic E-state index is -0.651. The number of nitriles is 1. The fraction of sp³-hybridized carbons (Fsp3) is 0.714. The molecule has 0 amide bonds. The van der Waals surface area contributed by atoms with Gasteiger partial charge in [-0.3, -0.25) is 4.79 Å². The van der Waals surface area contributed by atoms with E-state index in [1.54, 1.807) is 6.07 Å². The number of carbonyl (C=O) groups excluding carboxylic acids is 1. The first-order chi connectivity index (χ1) is 15.6. The fourth-order valence-electron chi connectivity index (χ4n) is 5.91. The van der Waals surface area contributed by atoms with Gasteiger partial charge in [-0.1, -0.05) is 64.7 Å². The van der Waals surface area contributed by atoms with Crippen molar-refractivity contribution in [2.75, 3.05) is 0 Å². The Kier molecular flexibility index (Phi) is 10.0. The molecule has 0 unspecified atom stereocenters. The maximum atomic E-state index is 13.7. The standard InChI is InChI=1S/C28H40FNO2/c1-2-3-4-5-6-21-7-12-23(13-8-21)24-14-9-22(10-15-24)11-18-28(31)32-26-17-16-25(20-30)27(29)19-26/h16-17,19,21-24H,2-15,18H2,1H3. The highest BCUT2D eigenvalue weighted by Crippen LogP contribution is 2.43. The summed E-state index contributed by atoms with van der Waals surface area (Å²) >= 11 is 0. The number of rotatable bonds is 10. The molecule has 0 bridgehead atoms. The highest BCUT2D eigenvalue weighted by Gasteiger charge is 2.30. The van der Waals surface area contributed by atoms with Crippen LogP contribution < -0.4 is 4.74 Å². The van der Waals surface area contributed by atoms with Crippen LogP contribution in [0.3, 0.4) is 0 Å². The lowest BCUT2D eigenvalue weighted by atomic mass is 9.68. The topological polar surface area (TPSA) is 50.1 Å². The minimum Gasteiger partial charge on any atom is -0.426 e. The minimum absolute atomic E-state index is 0.0398. The molecule has 3 nitrogen and oxygen atoms in total. The van der Waals surface area contributed by atoms with Crippen LogP contribution in [-0.4, -0.2) is 5.97 Å². The van der Waals surface area contributed by atoms with Gasteiger partial charge in [-0.05, 0) is 67.9 Å². The lowest BCUT2D eigenvalue weighted by Crippen LogP contribution is -2.26. The van der Waals surface area contributed by atoms with Gasteiger partial charge < -0.3 is 4.74 Å². The van der Waals surface area contributed by atoms with Gasteiger partial charge in [0.2, 0.25) is 0 Å². The molecule has 4 heteroatoms. The molecular formula is C28H40FNO2. The molecule has 32 heavy (non-hydrogen) atoms. The molecule has 176 valence electrons. The first-order valence-corrected chi connectivity index (χ1v) is 13.0. The van der Waals surface area contributed by atoms with E-state index in [1.807, 2.05) is 0 Å². The van der Waals surface area contributed by atoms with Crippen LogP contribution in [-0.2, 0) is 4.79 Å². The summed E-state index contributed by atoms with van der Waals surface area (Å²) < 4.78 is 18.9. The van der Waals surface area contributed by atoms with E-state index >= 15 is 0 Å². The summed E-state index contributed by atoms with van der Waals surface area (Å²) in [6, 6.07) is 5.71. The van der Waals surface area contributed by atoms with Gasteiger partial charge in [-0.2, -0.15) is 5.26 Å². The summed E-state index contributed by atoms with van der Waals surface area (Å²) in [7, 11) is 0. The quantitative estimate of drug-likeness (QED) is 0.210. The fourth-order valence-corrected chi connectivity index (χ4v) is 5.91. The highest BCUT2D eigenvalue weighted by molar-refractivity contribution is 5.72. The molecule has 2 aliphatic carbocycles. The number of unbranched alkanes of at least 4 members (excludes halogenated alkanes) is 3. The first kappa shape index (κ1) is 24.7. The van der Waals surface area contributed by atoms with Crippen molar-refractivity contribution < 1.29 is 13.9 Å². The number of hydrogen-bond acceptors (Lipinski definition) is 3. The third kappa shape index (κ3) is 7.61. The Hall–Kier alpha value is -1.89. The van der Waals surface area contributed by atoms with Crippen molar-refractivity contribution in [3.8, 4) is 11.8 Å². The maximum absolute atomic E-state index is 13.7. The Bertz CT molecular complexity index is 755. The van der Waals surface area contributed by atoms with E-state index in [9.17, 15) is 9.18 Å². The van der Waals surface area contributed by atoms with Gasteiger partial charge in [-0.15, -0.1) is 0 Å². The van der Waals surface area contributed by atoms with Gasteiger partial charge in [0, 0.05) is 12.5 Å². The van der Waals surface area contributed by atoms with Crippen molar-refractivity contribution in [1.29, 1.82) is 5.26 Å². The molecule has 2 aliphatic rings. The second kappa shape index (κ2) is 13.0. The Morgan fingerprint density at radius 3 is 2.16 bits per heavy atom. The molecule has 0 radical (unpaired) electrons. The van der Waals surface area contributed by atoms with Crippen LogP contribution in [0.4, 0.5) is 4.39 Å². The van der Waals surface area contributed by atoms with Crippen molar-refractivity contribution in [2.45, 2.75) is 103 Å². The van der Waals surface area contributed by atoms with Crippen LogP contribution in [0.15, 0.2) is 18.2 Å². The van der Waals surface area contributed by atoms with Crippen molar-refractivity contribution in [2.24, 2.45) is 23.7 Å². The second-order valence-corrected chi connectivity index (χ2v) is 10.2. The Balaban J connectivity index is 1.30. The number of hydrogen-bond donors (Lipinski definition) is 0. The molecule has 0 N–H and O–H groups in total. The molecule has 0 aromatic heterocycles. The van der Waals surface area contributed by atoms with Gasteiger partial charge in [0.25, 0.3) is 0 Å². The zero-order valence-electron chi connectivity index (χ0n) is 19.8. The Morgan fingerprint density at radius 1 is 0.969 bits per heavy atom. The van der Waals surface area contributed by atoms with Gasteiger partial charge in [-0.25, -0.2) is 4.39 Å². The van der Waals surface area contributed by atoms with Crippen LogP contribution >= 0.6 is 0 Å². The lowest BCUT2D eigenvalue weighted by molar-refractivity contribution is -0.134. The smallest absolute Gasteiger partial charge is 0.311 e.